The molecule has 3 saturated carbocycles. The Bertz CT molecular complexity index is 1110. The van der Waals surface area contributed by atoms with E-state index in [0.717, 1.165) is 71.0 Å². The van der Waals surface area contributed by atoms with Gasteiger partial charge in [-0.05, 0) is 171 Å². The van der Waals surface area contributed by atoms with Crippen LogP contribution < -0.4 is 0 Å². The summed E-state index contributed by atoms with van der Waals surface area (Å²) in [6.45, 7) is 12.6. The molecular formula is C34H47I3O2. The monoisotopic (exact) mass is 862 g/mol. The molecule has 8 atom stereocenters. The number of allylic oxidation sites excluding steroid dienone is 1. The zero-order chi connectivity index (χ0) is 28.1. The lowest BCUT2D eigenvalue weighted by molar-refractivity contribution is -0.0594. The second-order valence-electron chi connectivity index (χ2n) is 14.3. The number of carbonyl (C=O) groups is 1. The van der Waals surface area contributed by atoms with Gasteiger partial charge in [0.1, 0.15) is 6.10 Å². The van der Waals surface area contributed by atoms with Crippen molar-refractivity contribution < 1.29 is 9.53 Å². The highest BCUT2D eigenvalue weighted by Crippen LogP contribution is 2.67. The molecule has 3 unspecified atom stereocenters. The summed E-state index contributed by atoms with van der Waals surface area (Å²) >= 11 is 6.90. The maximum absolute atomic E-state index is 13.2. The molecule has 0 heterocycles. The van der Waals surface area contributed by atoms with Crippen LogP contribution in [0.25, 0.3) is 0 Å². The zero-order valence-electron chi connectivity index (χ0n) is 24.5. The molecule has 0 spiro atoms. The highest BCUT2D eigenvalue weighted by Gasteiger charge is 2.59. The van der Waals surface area contributed by atoms with Gasteiger partial charge in [-0.2, -0.15) is 0 Å². The minimum Gasteiger partial charge on any atom is -0.458 e. The SMILES string of the molecule is CC(C)CCC[C@@H](C)[C@H]1CCC2C3CC=C4C[C@@H](OC(=O)c5cc([125I])cc([125I])c5[125I])CC[C@]4(C)C3CC[C@@]21C. The molecule has 0 radical (unpaired) electrons. The maximum atomic E-state index is 13.2. The molecule has 5 rings (SSSR count). The molecule has 2 nitrogen and oxygen atoms in total. The number of ether oxygens (including phenoxy) is 1. The number of halogens is 3. The van der Waals surface area contributed by atoms with Crippen LogP contribution in [-0.2, 0) is 4.74 Å². The zero-order valence-corrected chi connectivity index (χ0v) is 31.0. The van der Waals surface area contributed by atoms with Gasteiger partial charge in [-0.15, -0.1) is 0 Å². The summed E-state index contributed by atoms with van der Waals surface area (Å²) in [5.74, 6) is 5.01. The predicted octanol–water partition coefficient (Wildman–Crippen LogP) is 11.1. The van der Waals surface area contributed by atoms with E-state index in [9.17, 15) is 4.79 Å². The van der Waals surface area contributed by atoms with Crippen molar-refractivity contribution in [1.82, 2.24) is 0 Å². The van der Waals surface area contributed by atoms with Crippen LogP contribution in [0.1, 0.15) is 116 Å². The van der Waals surface area contributed by atoms with Crippen LogP contribution >= 0.6 is 67.8 Å². The first-order valence-electron chi connectivity index (χ1n) is 15.5. The van der Waals surface area contributed by atoms with Crippen molar-refractivity contribution in [2.45, 2.75) is 111 Å². The first-order valence-corrected chi connectivity index (χ1v) is 18.7. The van der Waals surface area contributed by atoms with Crippen molar-refractivity contribution >= 4 is 73.7 Å². The average molecular weight is 862 g/mol. The van der Waals surface area contributed by atoms with Gasteiger partial charge in [0.15, 0.2) is 0 Å². The van der Waals surface area contributed by atoms with Crippen LogP contribution in [-0.4, -0.2) is 12.1 Å². The van der Waals surface area contributed by atoms with Crippen molar-refractivity contribution in [3.8, 4) is 0 Å². The topological polar surface area (TPSA) is 26.3 Å². The van der Waals surface area contributed by atoms with Crippen LogP contribution in [0, 0.1) is 57.0 Å². The summed E-state index contributed by atoms with van der Waals surface area (Å²) in [5, 5.41) is 0. The second kappa shape index (κ2) is 12.3. The van der Waals surface area contributed by atoms with Gasteiger partial charge in [0, 0.05) is 17.1 Å². The minimum atomic E-state index is -0.147. The van der Waals surface area contributed by atoms with Crippen molar-refractivity contribution in [3.05, 3.63) is 40.1 Å². The van der Waals surface area contributed by atoms with Gasteiger partial charge in [0.05, 0.1) is 5.56 Å². The Morgan fingerprint density at radius 1 is 1.00 bits per heavy atom. The Balaban J connectivity index is 1.26. The third-order valence-corrected chi connectivity index (χ3v) is 15.4. The molecule has 4 aliphatic rings. The normalized spacial score (nSPS) is 36.5. The van der Waals surface area contributed by atoms with E-state index < -0.39 is 0 Å². The second-order valence-corrected chi connectivity index (χ2v) is 17.8. The minimum absolute atomic E-state index is 0.0103. The molecule has 0 aliphatic heterocycles. The van der Waals surface area contributed by atoms with Crippen molar-refractivity contribution in [2.75, 3.05) is 0 Å². The van der Waals surface area contributed by atoms with Crippen LogP contribution in [0.2, 0.25) is 0 Å². The van der Waals surface area contributed by atoms with Gasteiger partial charge in [-0.25, -0.2) is 4.79 Å². The number of fused-ring (bicyclic) bond motifs is 5. The number of benzene rings is 1. The number of hydrogen-bond donors (Lipinski definition) is 0. The molecule has 3 fully saturated rings. The lowest BCUT2D eigenvalue weighted by Crippen LogP contribution is -2.51. The fourth-order valence-corrected chi connectivity index (χ4v) is 12.0. The van der Waals surface area contributed by atoms with Crippen molar-refractivity contribution in [3.63, 3.8) is 0 Å². The summed E-state index contributed by atoms with van der Waals surface area (Å²) in [6.07, 6.45) is 16.9. The first-order chi connectivity index (χ1) is 18.4. The number of hydrogen-bond acceptors (Lipinski definition) is 2. The van der Waals surface area contributed by atoms with E-state index in [1.54, 1.807) is 5.57 Å². The van der Waals surface area contributed by atoms with Gasteiger partial charge in [-0.3, -0.25) is 0 Å². The van der Waals surface area contributed by atoms with Crippen LogP contribution in [0.15, 0.2) is 23.8 Å². The third-order valence-electron chi connectivity index (χ3n) is 11.7. The van der Waals surface area contributed by atoms with E-state index in [2.05, 4.69) is 115 Å². The first kappa shape index (κ1) is 31.1. The summed E-state index contributed by atoms with van der Waals surface area (Å²) in [7, 11) is 0. The van der Waals surface area contributed by atoms with E-state index in [1.165, 1.54) is 51.4 Å². The van der Waals surface area contributed by atoms with E-state index in [4.69, 9.17) is 4.74 Å². The fourth-order valence-electron chi connectivity index (χ4n) is 9.67. The van der Waals surface area contributed by atoms with Crippen LogP contribution in [0.4, 0.5) is 0 Å². The molecular weight excluding hydrogens is 815 g/mol. The Hall–Kier alpha value is 0.620. The summed E-state index contributed by atoms with van der Waals surface area (Å²) in [5.41, 5.74) is 3.15. The Morgan fingerprint density at radius 3 is 2.51 bits per heavy atom. The highest BCUT2D eigenvalue weighted by molar-refractivity contribution is 14.1. The van der Waals surface area contributed by atoms with E-state index in [0.29, 0.717) is 10.8 Å². The average Bonchev–Trinajstić information content (AvgIpc) is 3.23. The van der Waals surface area contributed by atoms with E-state index >= 15 is 0 Å². The molecule has 0 N–H and O–H groups in total. The molecule has 0 amide bonds. The van der Waals surface area contributed by atoms with Gasteiger partial charge in [-0.1, -0.05) is 65.5 Å². The number of rotatable bonds is 7. The lowest BCUT2D eigenvalue weighted by atomic mass is 9.47. The largest absolute Gasteiger partial charge is 0.458 e. The van der Waals surface area contributed by atoms with Gasteiger partial charge >= 0.3 is 5.97 Å². The molecule has 1 aromatic carbocycles. The summed E-state index contributed by atoms with van der Waals surface area (Å²) < 4.78 is 9.39. The van der Waals surface area contributed by atoms with E-state index in [1.807, 2.05) is 6.07 Å². The van der Waals surface area contributed by atoms with Crippen LogP contribution in [0.3, 0.4) is 0 Å². The predicted molar refractivity (Wildman–Crippen MR) is 187 cm³/mol. The fraction of sp³-hybridized carbons (Fsp3) is 0.735. The molecule has 1 aromatic rings. The van der Waals surface area contributed by atoms with Gasteiger partial charge in [0.25, 0.3) is 0 Å². The Kier molecular flexibility index (Phi) is 9.81. The number of esters is 1. The Morgan fingerprint density at radius 2 is 1.77 bits per heavy atom. The summed E-state index contributed by atoms with van der Waals surface area (Å²) in [6, 6.07) is 4.09. The molecule has 216 valence electrons. The van der Waals surface area contributed by atoms with Gasteiger partial charge < -0.3 is 4.74 Å². The standard InChI is InChI=1S/C34H47I3O2/c1-20(2)7-6-8-21(3)27-11-12-28-25-10-9-22-17-24(13-15-33(22,4)29(25)14-16-34(27,28)5)39-32(38)26-18-23(35)19-30(36)31(26)37/h9,18-21,24-25,27-29H,6-8,10-17H2,1-5H3/t21-,24+,25?,27-,28?,29?,33+,34-/m1/s1/i35-2,36-2,37-2. The molecule has 4 aliphatic carbocycles. The molecule has 0 saturated heterocycles. The van der Waals surface area contributed by atoms with Crippen LogP contribution in [0.5, 0.6) is 0 Å². The molecule has 0 aromatic heterocycles. The summed E-state index contributed by atoms with van der Waals surface area (Å²) in [4.78, 5) is 13.2. The van der Waals surface area contributed by atoms with Gasteiger partial charge in [0.2, 0.25) is 0 Å². The lowest BCUT2D eigenvalue weighted by Gasteiger charge is -2.58. The smallest absolute Gasteiger partial charge is 0.339 e. The van der Waals surface area contributed by atoms with Crippen molar-refractivity contribution in [1.29, 1.82) is 0 Å². The van der Waals surface area contributed by atoms with E-state index in [-0.39, 0.29) is 12.1 Å². The quantitative estimate of drug-likeness (QED) is 0.118. The maximum Gasteiger partial charge on any atom is 0.339 e. The van der Waals surface area contributed by atoms with Crippen molar-refractivity contribution in [2.24, 2.45) is 46.3 Å². The third kappa shape index (κ3) is 6.04. The molecule has 5 heteroatoms. The number of carbonyl (C=O) groups excluding carboxylic acids is 1. The highest BCUT2D eigenvalue weighted by atomic mass is 125. The molecule has 0 bridgehead atoms. The Labute approximate surface area is 278 Å². The molecule has 39 heavy (non-hydrogen) atoms.